The molecule has 0 radical (unpaired) electrons. The second-order valence-corrected chi connectivity index (χ2v) is 5.51. The summed E-state index contributed by atoms with van der Waals surface area (Å²) in [6, 6.07) is 10.8. The average molecular weight is 241 g/mol. The van der Waals surface area contributed by atoms with Gasteiger partial charge in [0.25, 0.3) is 0 Å². The summed E-state index contributed by atoms with van der Waals surface area (Å²) < 4.78 is 2.66. The van der Waals surface area contributed by atoms with E-state index in [1.165, 1.54) is 25.6 Å². The van der Waals surface area contributed by atoms with Crippen LogP contribution in [0, 0.1) is 0 Å². The Kier molecular flexibility index (Phi) is 1.64. The van der Waals surface area contributed by atoms with Gasteiger partial charge in [-0.25, -0.2) is 4.98 Å². The molecule has 4 aromatic rings. The maximum Gasteiger partial charge on any atom is 0.0905 e. The molecule has 76 valence electrons. The van der Waals surface area contributed by atoms with E-state index in [0.717, 1.165) is 5.52 Å². The van der Waals surface area contributed by atoms with E-state index >= 15 is 0 Å². The fraction of sp³-hybridized carbons (Fsp3) is 0. The maximum atomic E-state index is 4.49. The fourth-order valence-corrected chi connectivity index (χ4v) is 3.99. The molecule has 4 rings (SSSR count). The van der Waals surface area contributed by atoms with Crippen molar-refractivity contribution in [2.45, 2.75) is 0 Å². The van der Waals surface area contributed by atoms with Crippen molar-refractivity contribution >= 4 is 53.7 Å². The lowest BCUT2D eigenvalue weighted by molar-refractivity contribution is 1.52. The molecular weight excluding hydrogens is 234 g/mol. The van der Waals surface area contributed by atoms with Crippen molar-refractivity contribution in [1.82, 2.24) is 4.98 Å². The van der Waals surface area contributed by atoms with Crippen LogP contribution in [0.5, 0.6) is 0 Å². The van der Waals surface area contributed by atoms with Gasteiger partial charge in [0.1, 0.15) is 0 Å². The lowest BCUT2D eigenvalue weighted by atomic mass is 10.1. The molecule has 0 fully saturated rings. The molecule has 1 nitrogen and oxygen atoms in total. The van der Waals surface area contributed by atoms with Crippen LogP contribution in [0.4, 0.5) is 0 Å². The summed E-state index contributed by atoms with van der Waals surface area (Å²) in [5.74, 6) is 0. The van der Waals surface area contributed by atoms with Crippen molar-refractivity contribution in [3.63, 3.8) is 0 Å². The van der Waals surface area contributed by atoms with E-state index in [-0.39, 0.29) is 0 Å². The van der Waals surface area contributed by atoms with E-state index in [0.29, 0.717) is 0 Å². The van der Waals surface area contributed by atoms with E-state index in [1.54, 1.807) is 22.7 Å². The molecular formula is C13H7NS2. The highest BCUT2D eigenvalue weighted by Gasteiger charge is 2.10. The summed E-state index contributed by atoms with van der Waals surface area (Å²) in [6.07, 6.45) is 0. The number of hydrogen-bond donors (Lipinski definition) is 0. The van der Waals surface area contributed by atoms with Gasteiger partial charge in [0, 0.05) is 20.9 Å². The third kappa shape index (κ3) is 0.970. The van der Waals surface area contributed by atoms with Crippen LogP contribution in [-0.2, 0) is 0 Å². The summed E-state index contributed by atoms with van der Waals surface area (Å²) in [5, 5.41) is 6.12. The number of thiophene rings is 1. The van der Waals surface area contributed by atoms with E-state index < -0.39 is 0 Å². The standard InChI is InChI=1S/C13H7NS2/c1-2-4-9-8(3-1)12-10(5-6-15-12)11-13(9)16-7-14-11/h1-7H. The van der Waals surface area contributed by atoms with Gasteiger partial charge in [-0.1, -0.05) is 24.3 Å². The Hall–Kier alpha value is -1.45. The van der Waals surface area contributed by atoms with E-state index in [4.69, 9.17) is 0 Å². The third-order valence-electron chi connectivity index (χ3n) is 2.90. The number of rotatable bonds is 0. The number of nitrogens with zero attached hydrogens (tertiary/aromatic N) is 1. The molecule has 0 aliphatic carbocycles. The van der Waals surface area contributed by atoms with Gasteiger partial charge in [-0.2, -0.15) is 0 Å². The Bertz CT molecular complexity index is 741. The molecule has 0 unspecified atom stereocenters. The van der Waals surface area contributed by atoms with Crippen LogP contribution in [0.15, 0.2) is 41.2 Å². The molecule has 16 heavy (non-hydrogen) atoms. The van der Waals surface area contributed by atoms with Crippen LogP contribution in [-0.4, -0.2) is 4.98 Å². The Labute approximate surface area is 100.0 Å². The molecule has 0 N–H and O–H groups in total. The Morgan fingerprint density at radius 2 is 1.62 bits per heavy atom. The molecule has 0 spiro atoms. The topological polar surface area (TPSA) is 12.9 Å². The zero-order chi connectivity index (χ0) is 10.5. The predicted octanol–water partition coefficient (Wildman–Crippen LogP) is 4.66. The minimum atomic E-state index is 1.15. The van der Waals surface area contributed by atoms with Crippen molar-refractivity contribution < 1.29 is 0 Å². The second-order valence-electron chi connectivity index (χ2n) is 3.74. The first-order valence-electron chi connectivity index (χ1n) is 5.06. The lowest BCUT2D eigenvalue weighted by Crippen LogP contribution is -1.75. The zero-order valence-electron chi connectivity index (χ0n) is 8.31. The van der Waals surface area contributed by atoms with Crippen LogP contribution >= 0.6 is 22.7 Å². The van der Waals surface area contributed by atoms with Gasteiger partial charge >= 0.3 is 0 Å². The predicted molar refractivity (Wildman–Crippen MR) is 72.5 cm³/mol. The molecule has 0 bridgehead atoms. The van der Waals surface area contributed by atoms with Gasteiger partial charge in [-0.3, -0.25) is 0 Å². The minimum absolute atomic E-state index is 1.15. The molecule has 0 atom stereocenters. The highest BCUT2D eigenvalue weighted by Crippen LogP contribution is 2.38. The fourth-order valence-electron chi connectivity index (χ4n) is 2.21. The molecule has 2 heterocycles. The number of aromatic nitrogens is 1. The van der Waals surface area contributed by atoms with Crippen LogP contribution < -0.4 is 0 Å². The van der Waals surface area contributed by atoms with E-state index in [1.807, 2.05) is 5.51 Å². The van der Waals surface area contributed by atoms with Crippen molar-refractivity contribution in [2.24, 2.45) is 0 Å². The Morgan fingerprint density at radius 1 is 0.812 bits per heavy atom. The average Bonchev–Trinajstić information content (AvgIpc) is 2.98. The Morgan fingerprint density at radius 3 is 2.50 bits per heavy atom. The van der Waals surface area contributed by atoms with Crippen molar-refractivity contribution in [3.8, 4) is 0 Å². The number of fused-ring (bicyclic) bond motifs is 6. The highest BCUT2D eigenvalue weighted by molar-refractivity contribution is 7.20. The first-order valence-corrected chi connectivity index (χ1v) is 6.82. The second kappa shape index (κ2) is 3.03. The number of benzene rings is 2. The van der Waals surface area contributed by atoms with Crippen LogP contribution in [0.1, 0.15) is 0 Å². The van der Waals surface area contributed by atoms with E-state index in [9.17, 15) is 0 Å². The normalized spacial score (nSPS) is 11.8. The van der Waals surface area contributed by atoms with Gasteiger partial charge < -0.3 is 0 Å². The quantitative estimate of drug-likeness (QED) is 0.436. The molecule has 2 aromatic heterocycles. The van der Waals surface area contributed by atoms with Gasteiger partial charge in [0.2, 0.25) is 0 Å². The van der Waals surface area contributed by atoms with Gasteiger partial charge in [0.15, 0.2) is 0 Å². The van der Waals surface area contributed by atoms with Gasteiger partial charge in [-0.05, 0) is 11.4 Å². The molecule has 0 aliphatic rings. The summed E-state index contributed by atoms with van der Waals surface area (Å²) >= 11 is 3.53. The smallest absolute Gasteiger partial charge is 0.0905 e. The highest BCUT2D eigenvalue weighted by atomic mass is 32.1. The first-order chi connectivity index (χ1) is 7.95. The summed E-state index contributed by atoms with van der Waals surface area (Å²) in [7, 11) is 0. The SMILES string of the molecule is c1ccc2c(c1)c1sccc1c1ncsc21. The summed E-state index contributed by atoms with van der Waals surface area (Å²) in [6.45, 7) is 0. The number of hydrogen-bond acceptors (Lipinski definition) is 3. The van der Waals surface area contributed by atoms with Crippen molar-refractivity contribution in [1.29, 1.82) is 0 Å². The molecule has 3 heteroatoms. The summed E-state index contributed by atoms with van der Waals surface area (Å²) in [4.78, 5) is 4.49. The monoisotopic (exact) mass is 241 g/mol. The lowest BCUT2D eigenvalue weighted by Gasteiger charge is -2.00. The molecule has 0 saturated carbocycles. The third-order valence-corrected chi connectivity index (χ3v) is 4.71. The maximum absolute atomic E-state index is 4.49. The van der Waals surface area contributed by atoms with Crippen LogP contribution in [0.3, 0.4) is 0 Å². The van der Waals surface area contributed by atoms with Gasteiger partial charge in [-0.15, -0.1) is 22.7 Å². The summed E-state index contributed by atoms with van der Waals surface area (Å²) in [5.41, 5.74) is 3.09. The van der Waals surface area contributed by atoms with Crippen LogP contribution in [0.2, 0.25) is 0 Å². The minimum Gasteiger partial charge on any atom is -0.244 e. The molecule has 0 saturated heterocycles. The largest absolute Gasteiger partial charge is 0.244 e. The van der Waals surface area contributed by atoms with E-state index in [2.05, 4.69) is 40.7 Å². The molecule has 0 aliphatic heterocycles. The van der Waals surface area contributed by atoms with Crippen molar-refractivity contribution in [2.75, 3.05) is 0 Å². The zero-order valence-corrected chi connectivity index (χ0v) is 9.94. The molecule has 0 amide bonds. The Balaban J connectivity index is 2.51. The molecule has 2 aromatic carbocycles. The van der Waals surface area contributed by atoms with Crippen LogP contribution in [0.25, 0.3) is 31.1 Å². The number of thiazole rings is 1. The first kappa shape index (κ1) is 8.67. The van der Waals surface area contributed by atoms with Crippen molar-refractivity contribution in [3.05, 3.63) is 41.2 Å². The van der Waals surface area contributed by atoms with Gasteiger partial charge in [0.05, 0.1) is 15.7 Å².